The molecule has 3 heterocycles. The van der Waals surface area contributed by atoms with Gasteiger partial charge in [-0.25, -0.2) is 4.79 Å². The first-order chi connectivity index (χ1) is 8.15. The van der Waals surface area contributed by atoms with E-state index in [9.17, 15) is 4.79 Å². The van der Waals surface area contributed by atoms with Crippen molar-refractivity contribution in [2.75, 3.05) is 20.1 Å². The molecule has 2 bridgehead atoms. The van der Waals surface area contributed by atoms with Crippen LogP contribution < -0.4 is 10.6 Å². The third kappa shape index (κ3) is 2.57. The van der Waals surface area contributed by atoms with Gasteiger partial charge in [-0.2, -0.15) is 0 Å². The number of nitrogens with one attached hydrogen (secondary N) is 2. The highest BCUT2D eigenvalue weighted by molar-refractivity contribution is 5.73. The second kappa shape index (κ2) is 5.25. The van der Waals surface area contributed by atoms with Gasteiger partial charge in [0.25, 0.3) is 0 Å². The Morgan fingerprint density at radius 3 is 2.82 bits per heavy atom. The average Bonchev–Trinajstić information content (AvgIpc) is 2.38. The molecule has 3 saturated heterocycles. The lowest BCUT2D eigenvalue weighted by molar-refractivity contribution is -0.0114. The van der Waals surface area contributed by atoms with Crippen LogP contribution in [0.25, 0.3) is 0 Å². The molecule has 0 aliphatic carbocycles. The smallest absolute Gasteiger partial charge is 0.314 e. The largest absolute Gasteiger partial charge is 0.341 e. The molecule has 0 aromatic carbocycles. The van der Waals surface area contributed by atoms with Crippen LogP contribution in [-0.4, -0.2) is 43.2 Å². The number of hydrogen-bond acceptors (Lipinski definition) is 2. The third-order valence-electron chi connectivity index (χ3n) is 4.62. The highest BCUT2D eigenvalue weighted by Crippen LogP contribution is 2.38. The number of fused-ring (bicyclic) bond motifs is 3. The van der Waals surface area contributed by atoms with Crippen LogP contribution in [0.4, 0.5) is 4.79 Å². The van der Waals surface area contributed by atoms with Crippen molar-refractivity contribution in [2.45, 2.75) is 45.2 Å². The molecular weight excluding hydrogens is 214 g/mol. The SMILES string of the molecule is CC[C@H]1CN2CCC1C[C@H]2[C@H](C)NC(=O)NC. The summed E-state index contributed by atoms with van der Waals surface area (Å²) in [5.41, 5.74) is 0. The Hall–Kier alpha value is -0.770. The summed E-state index contributed by atoms with van der Waals surface area (Å²) in [4.78, 5) is 13.9. The first-order valence-electron chi connectivity index (χ1n) is 6.88. The summed E-state index contributed by atoms with van der Waals surface area (Å²) in [5.74, 6) is 1.76. The Kier molecular flexibility index (Phi) is 3.92. The molecule has 3 rings (SSSR count). The molecule has 3 aliphatic heterocycles. The van der Waals surface area contributed by atoms with E-state index >= 15 is 0 Å². The molecule has 0 spiro atoms. The van der Waals surface area contributed by atoms with E-state index in [4.69, 9.17) is 0 Å². The van der Waals surface area contributed by atoms with E-state index in [1.165, 1.54) is 32.4 Å². The predicted molar refractivity (Wildman–Crippen MR) is 68.9 cm³/mol. The standard InChI is InChI=1S/C13H25N3O/c1-4-10-8-16-6-5-11(10)7-12(16)9(2)15-13(17)14-3/h9-12H,4-8H2,1-3H3,(H2,14,15,17)/t9-,10-,11?,12-/m0/s1. The number of carbonyl (C=O) groups is 1. The maximum Gasteiger partial charge on any atom is 0.314 e. The molecule has 17 heavy (non-hydrogen) atoms. The first-order valence-corrected chi connectivity index (χ1v) is 6.88. The maximum absolute atomic E-state index is 11.4. The summed E-state index contributed by atoms with van der Waals surface area (Å²) in [6, 6.07) is 0.719. The van der Waals surface area contributed by atoms with Gasteiger partial charge in [0.1, 0.15) is 0 Å². The van der Waals surface area contributed by atoms with Crippen LogP contribution >= 0.6 is 0 Å². The summed E-state index contributed by atoms with van der Waals surface area (Å²) in [6.07, 6.45) is 3.90. The second-order valence-electron chi connectivity index (χ2n) is 5.53. The summed E-state index contributed by atoms with van der Waals surface area (Å²) in [5, 5.41) is 5.66. The summed E-state index contributed by atoms with van der Waals surface area (Å²) in [6.45, 7) is 6.87. The van der Waals surface area contributed by atoms with Crippen molar-refractivity contribution in [2.24, 2.45) is 11.8 Å². The fourth-order valence-corrected chi connectivity index (χ4v) is 3.54. The van der Waals surface area contributed by atoms with E-state index < -0.39 is 0 Å². The van der Waals surface area contributed by atoms with Crippen LogP contribution in [0.15, 0.2) is 0 Å². The van der Waals surface area contributed by atoms with Crippen molar-refractivity contribution in [1.29, 1.82) is 0 Å². The van der Waals surface area contributed by atoms with Crippen molar-refractivity contribution in [3.05, 3.63) is 0 Å². The Labute approximate surface area is 104 Å². The summed E-state index contributed by atoms with van der Waals surface area (Å²) >= 11 is 0. The highest BCUT2D eigenvalue weighted by atomic mass is 16.2. The molecule has 0 saturated carbocycles. The van der Waals surface area contributed by atoms with Gasteiger partial charge < -0.3 is 10.6 Å². The fourth-order valence-electron chi connectivity index (χ4n) is 3.54. The van der Waals surface area contributed by atoms with E-state index in [0.29, 0.717) is 6.04 Å². The second-order valence-corrected chi connectivity index (χ2v) is 5.53. The molecule has 2 amide bonds. The van der Waals surface area contributed by atoms with E-state index in [2.05, 4.69) is 29.4 Å². The number of amides is 2. The zero-order chi connectivity index (χ0) is 12.4. The highest BCUT2D eigenvalue weighted by Gasteiger charge is 2.41. The van der Waals surface area contributed by atoms with Gasteiger partial charge in [0.15, 0.2) is 0 Å². The monoisotopic (exact) mass is 239 g/mol. The molecule has 98 valence electrons. The van der Waals surface area contributed by atoms with E-state index in [1.54, 1.807) is 7.05 Å². The topological polar surface area (TPSA) is 44.4 Å². The molecule has 4 nitrogen and oxygen atoms in total. The number of carbonyl (C=O) groups excluding carboxylic acids is 1. The average molecular weight is 239 g/mol. The van der Waals surface area contributed by atoms with Crippen LogP contribution in [0.5, 0.6) is 0 Å². The minimum Gasteiger partial charge on any atom is -0.341 e. The van der Waals surface area contributed by atoms with Gasteiger partial charge in [-0.15, -0.1) is 0 Å². The molecule has 0 aromatic heterocycles. The van der Waals surface area contributed by atoms with Gasteiger partial charge in [-0.1, -0.05) is 13.3 Å². The van der Waals surface area contributed by atoms with Gasteiger partial charge in [0.2, 0.25) is 0 Å². The minimum atomic E-state index is -0.0628. The molecule has 0 radical (unpaired) electrons. The third-order valence-corrected chi connectivity index (χ3v) is 4.62. The van der Waals surface area contributed by atoms with Crippen LogP contribution in [0.1, 0.15) is 33.1 Å². The molecule has 3 aliphatic rings. The zero-order valence-electron chi connectivity index (χ0n) is 11.2. The molecule has 0 aromatic rings. The predicted octanol–water partition coefficient (Wildman–Crippen LogP) is 1.42. The quantitative estimate of drug-likeness (QED) is 0.782. The van der Waals surface area contributed by atoms with Crippen LogP contribution in [0.3, 0.4) is 0 Å². The normalized spacial score (nSPS) is 37.6. The Balaban J connectivity index is 1.93. The lowest BCUT2D eigenvalue weighted by Gasteiger charge is -2.51. The number of urea groups is 1. The number of rotatable bonds is 3. The van der Waals surface area contributed by atoms with Crippen LogP contribution in [-0.2, 0) is 0 Å². The Morgan fingerprint density at radius 2 is 2.29 bits per heavy atom. The lowest BCUT2D eigenvalue weighted by atomic mass is 9.73. The first kappa shape index (κ1) is 12.7. The summed E-state index contributed by atoms with van der Waals surface area (Å²) in [7, 11) is 1.67. The van der Waals surface area contributed by atoms with Crippen molar-refractivity contribution in [3.8, 4) is 0 Å². The Bertz CT molecular complexity index is 282. The van der Waals surface area contributed by atoms with Gasteiger partial charge in [-0.3, -0.25) is 4.90 Å². The number of hydrogen-bond donors (Lipinski definition) is 2. The van der Waals surface area contributed by atoms with Gasteiger partial charge in [0, 0.05) is 25.7 Å². The van der Waals surface area contributed by atoms with Gasteiger partial charge >= 0.3 is 6.03 Å². The van der Waals surface area contributed by atoms with E-state index in [0.717, 1.165) is 11.8 Å². The van der Waals surface area contributed by atoms with Crippen molar-refractivity contribution < 1.29 is 4.79 Å². The molecule has 2 unspecified atom stereocenters. The fraction of sp³-hybridized carbons (Fsp3) is 0.923. The van der Waals surface area contributed by atoms with Crippen molar-refractivity contribution in [3.63, 3.8) is 0 Å². The molecular formula is C13H25N3O. The molecule has 5 atom stereocenters. The van der Waals surface area contributed by atoms with Crippen molar-refractivity contribution in [1.82, 2.24) is 15.5 Å². The zero-order valence-corrected chi connectivity index (χ0v) is 11.2. The molecule has 3 fully saturated rings. The maximum atomic E-state index is 11.4. The van der Waals surface area contributed by atoms with Gasteiger partial charge in [-0.05, 0) is 38.1 Å². The summed E-state index contributed by atoms with van der Waals surface area (Å²) < 4.78 is 0. The van der Waals surface area contributed by atoms with Crippen LogP contribution in [0, 0.1) is 11.8 Å². The lowest BCUT2D eigenvalue weighted by Crippen LogP contribution is -2.60. The molecule has 4 heteroatoms. The molecule has 2 N–H and O–H groups in total. The van der Waals surface area contributed by atoms with Crippen LogP contribution in [0.2, 0.25) is 0 Å². The minimum absolute atomic E-state index is 0.0628. The van der Waals surface area contributed by atoms with E-state index in [1.807, 2.05) is 0 Å². The number of nitrogens with zero attached hydrogens (tertiary/aromatic N) is 1. The number of piperidine rings is 3. The van der Waals surface area contributed by atoms with Crippen molar-refractivity contribution >= 4 is 6.03 Å². The van der Waals surface area contributed by atoms with E-state index in [-0.39, 0.29) is 12.1 Å². The van der Waals surface area contributed by atoms with Gasteiger partial charge in [0.05, 0.1) is 0 Å². The Morgan fingerprint density at radius 1 is 1.53 bits per heavy atom.